The van der Waals surface area contributed by atoms with Gasteiger partial charge in [-0.25, -0.2) is 0 Å². The Bertz CT molecular complexity index is 814. The number of aromatic nitrogens is 1. The van der Waals surface area contributed by atoms with E-state index in [0.29, 0.717) is 22.3 Å². The fourth-order valence-corrected chi connectivity index (χ4v) is 3.37. The lowest BCUT2D eigenvalue weighted by molar-refractivity contribution is 0.408. The molecule has 0 aliphatic heterocycles. The molecule has 5 heteroatoms. The number of fused-ring (bicyclic) bond motifs is 1. The molecule has 0 unspecified atom stereocenters. The molecule has 1 heterocycles. The number of hydrogen-bond donors (Lipinski definition) is 2. The van der Waals surface area contributed by atoms with Crippen molar-refractivity contribution in [3.05, 3.63) is 63.8 Å². The van der Waals surface area contributed by atoms with Crippen LogP contribution in [0.1, 0.15) is 11.1 Å². The number of para-hydroxylation sites is 1. The average molecular weight is 349 g/mol. The number of benzene rings is 2. The molecule has 0 aliphatic rings. The lowest BCUT2D eigenvalue weighted by atomic mass is 10.1. The SMILES string of the molecule is COc1c(Cl)cc(Cl)cc1CNCCc1c[nH]c2ccccc12. The number of methoxy groups -OCH3 is 1. The van der Waals surface area contributed by atoms with Gasteiger partial charge in [-0.3, -0.25) is 0 Å². The largest absolute Gasteiger partial charge is 0.495 e. The third kappa shape index (κ3) is 3.63. The van der Waals surface area contributed by atoms with E-state index < -0.39 is 0 Å². The summed E-state index contributed by atoms with van der Waals surface area (Å²) in [7, 11) is 1.62. The Hall–Kier alpha value is -1.68. The molecule has 0 atom stereocenters. The Labute approximate surface area is 145 Å². The maximum Gasteiger partial charge on any atom is 0.142 e. The number of hydrogen-bond acceptors (Lipinski definition) is 2. The number of rotatable bonds is 6. The predicted molar refractivity (Wildman–Crippen MR) is 96.7 cm³/mol. The van der Waals surface area contributed by atoms with Gasteiger partial charge in [0.1, 0.15) is 5.75 Å². The highest BCUT2D eigenvalue weighted by molar-refractivity contribution is 6.35. The average Bonchev–Trinajstić information content (AvgIpc) is 2.94. The van der Waals surface area contributed by atoms with Crippen molar-refractivity contribution in [1.82, 2.24) is 10.3 Å². The van der Waals surface area contributed by atoms with Crippen molar-refractivity contribution in [3.8, 4) is 5.75 Å². The quantitative estimate of drug-likeness (QED) is 0.627. The summed E-state index contributed by atoms with van der Waals surface area (Å²) in [6.07, 6.45) is 3.02. The van der Waals surface area contributed by atoms with E-state index >= 15 is 0 Å². The van der Waals surface area contributed by atoms with Crippen LogP contribution in [-0.4, -0.2) is 18.6 Å². The van der Waals surface area contributed by atoms with E-state index in [2.05, 4.69) is 34.7 Å². The molecule has 3 rings (SSSR count). The maximum absolute atomic E-state index is 6.15. The van der Waals surface area contributed by atoms with E-state index in [1.807, 2.05) is 12.1 Å². The van der Waals surface area contributed by atoms with Crippen LogP contribution in [0.25, 0.3) is 10.9 Å². The zero-order valence-corrected chi connectivity index (χ0v) is 14.3. The Morgan fingerprint density at radius 3 is 2.78 bits per heavy atom. The van der Waals surface area contributed by atoms with Crippen molar-refractivity contribution in [3.63, 3.8) is 0 Å². The van der Waals surface area contributed by atoms with Crippen LogP contribution in [0.5, 0.6) is 5.75 Å². The third-order valence-electron chi connectivity index (χ3n) is 3.85. The smallest absolute Gasteiger partial charge is 0.142 e. The van der Waals surface area contributed by atoms with Crippen molar-refractivity contribution in [2.24, 2.45) is 0 Å². The Balaban J connectivity index is 1.62. The van der Waals surface area contributed by atoms with Gasteiger partial charge < -0.3 is 15.0 Å². The highest BCUT2D eigenvalue weighted by Gasteiger charge is 2.09. The molecule has 3 nitrogen and oxygen atoms in total. The molecule has 0 amide bonds. The summed E-state index contributed by atoms with van der Waals surface area (Å²) in [6.45, 7) is 1.51. The minimum atomic E-state index is 0.536. The Morgan fingerprint density at radius 1 is 1.13 bits per heavy atom. The molecular formula is C18H18Cl2N2O. The number of nitrogens with one attached hydrogen (secondary N) is 2. The van der Waals surface area contributed by atoms with Crippen LogP contribution >= 0.6 is 23.2 Å². The first-order chi connectivity index (χ1) is 11.2. The summed E-state index contributed by atoms with van der Waals surface area (Å²) in [5.41, 5.74) is 3.44. The van der Waals surface area contributed by atoms with E-state index in [9.17, 15) is 0 Å². The van der Waals surface area contributed by atoms with Crippen LogP contribution in [0.4, 0.5) is 0 Å². The van der Waals surface area contributed by atoms with Crippen LogP contribution in [-0.2, 0) is 13.0 Å². The van der Waals surface area contributed by atoms with Crippen LogP contribution < -0.4 is 10.1 Å². The number of halogens is 2. The number of ether oxygens (including phenoxy) is 1. The minimum Gasteiger partial charge on any atom is -0.495 e. The second-order valence-corrected chi connectivity index (χ2v) is 6.21. The van der Waals surface area contributed by atoms with E-state index in [-0.39, 0.29) is 0 Å². The lowest BCUT2D eigenvalue weighted by Gasteiger charge is -2.12. The topological polar surface area (TPSA) is 37.0 Å². The molecule has 120 valence electrons. The van der Waals surface area contributed by atoms with Gasteiger partial charge in [0.05, 0.1) is 12.1 Å². The molecule has 1 aromatic heterocycles. The van der Waals surface area contributed by atoms with Gasteiger partial charge in [0.2, 0.25) is 0 Å². The van der Waals surface area contributed by atoms with Crippen LogP contribution in [0.2, 0.25) is 10.0 Å². The third-order valence-corrected chi connectivity index (χ3v) is 4.35. The maximum atomic E-state index is 6.15. The van der Waals surface area contributed by atoms with Gasteiger partial charge in [0.25, 0.3) is 0 Å². The monoisotopic (exact) mass is 348 g/mol. The second-order valence-electron chi connectivity index (χ2n) is 5.37. The van der Waals surface area contributed by atoms with Gasteiger partial charge in [-0.05, 0) is 36.7 Å². The lowest BCUT2D eigenvalue weighted by Crippen LogP contribution is -2.17. The number of aromatic amines is 1. The summed E-state index contributed by atoms with van der Waals surface area (Å²) < 4.78 is 5.36. The van der Waals surface area contributed by atoms with Gasteiger partial charge in [-0.2, -0.15) is 0 Å². The van der Waals surface area contributed by atoms with Gasteiger partial charge in [0, 0.05) is 34.2 Å². The van der Waals surface area contributed by atoms with Crippen LogP contribution in [0.3, 0.4) is 0 Å². The molecule has 2 aromatic carbocycles. The van der Waals surface area contributed by atoms with E-state index in [1.165, 1.54) is 16.5 Å². The Kier molecular flexibility index (Phi) is 5.11. The molecule has 2 N–H and O–H groups in total. The summed E-state index contributed by atoms with van der Waals surface area (Å²) in [5.74, 6) is 0.677. The fraction of sp³-hybridized carbons (Fsp3) is 0.222. The van der Waals surface area contributed by atoms with Crippen LogP contribution in [0.15, 0.2) is 42.6 Å². The minimum absolute atomic E-state index is 0.536. The number of H-pyrrole nitrogens is 1. The zero-order chi connectivity index (χ0) is 16.2. The first-order valence-electron chi connectivity index (χ1n) is 7.46. The highest BCUT2D eigenvalue weighted by atomic mass is 35.5. The van der Waals surface area contributed by atoms with E-state index in [0.717, 1.165) is 18.5 Å². The summed E-state index contributed by atoms with van der Waals surface area (Å²) in [4.78, 5) is 3.30. The summed E-state index contributed by atoms with van der Waals surface area (Å²) >= 11 is 12.2. The molecule has 3 aromatic rings. The molecule has 0 fully saturated rings. The summed E-state index contributed by atoms with van der Waals surface area (Å²) in [5, 5.41) is 5.85. The molecule has 0 saturated heterocycles. The highest BCUT2D eigenvalue weighted by Crippen LogP contribution is 2.32. The molecular weight excluding hydrogens is 331 g/mol. The second kappa shape index (κ2) is 7.26. The van der Waals surface area contributed by atoms with E-state index in [4.69, 9.17) is 27.9 Å². The van der Waals surface area contributed by atoms with Crippen LogP contribution in [0, 0.1) is 0 Å². The normalized spacial score (nSPS) is 11.1. The molecule has 0 radical (unpaired) electrons. The van der Waals surface area contributed by atoms with Gasteiger partial charge in [-0.15, -0.1) is 0 Å². The van der Waals surface area contributed by atoms with Crippen molar-refractivity contribution < 1.29 is 4.74 Å². The first-order valence-corrected chi connectivity index (χ1v) is 8.22. The molecule has 0 aliphatic carbocycles. The van der Waals surface area contributed by atoms with Crippen molar-refractivity contribution >= 4 is 34.1 Å². The zero-order valence-electron chi connectivity index (χ0n) is 12.8. The van der Waals surface area contributed by atoms with Gasteiger partial charge in [-0.1, -0.05) is 41.4 Å². The molecule has 23 heavy (non-hydrogen) atoms. The van der Waals surface area contributed by atoms with Gasteiger partial charge in [0.15, 0.2) is 0 Å². The Morgan fingerprint density at radius 2 is 1.96 bits per heavy atom. The van der Waals surface area contributed by atoms with Gasteiger partial charge >= 0.3 is 0 Å². The van der Waals surface area contributed by atoms with Crippen molar-refractivity contribution in [2.45, 2.75) is 13.0 Å². The fourth-order valence-electron chi connectivity index (χ4n) is 2.76. The molecule has 0 spiro atoms. The predicted octanol–water partition coefficient (Wildman–Crippen LogP) is 4.82. The van der Waals surface area contributed by atoms with Crippen molar-refractivity contribution in [2.75, 3.05) is 13.7 Å². The first kappa shape index (κ1) is 16.2. The van der Waals surface area contributed by atoms with E-state index in [1.54, 1.807) is 13.2 Å². The molecule has 0 saturated carbocycles. The van der Waals surface area contributed by atoms with Crippen molar-refractivity contribution in [1.29, 1.82) is 0 Å². The molecule has 0 bridgehead atoms. The standard InChI is InChI=1S/C18H18Cl2N2O/c1-23-18-13(8-14(19)9-16(18)20)10-21-7-6-12-11-22-17-5-3-2-4-15(12)17/h2-5,8-9,11,21-22H,6-7,10H2,1H3. The summed E-state index contributed by atoms with van der Waals surface area (Å²) in [6, 6.07) is 11.9.